The van der Waals surface area contributed by atoms with Crippen molar-refractivity contribution in [2.45, 2.75) is 26.2 Å². The average molecular weight is 218 g/mol. The average Bonchev–Trinajstić information content (AvgIpc) is 2.30. The zero-order valence-corrected chi connectivity index (χ0v) is 9.74. The van der Waals surface area contributed by atoms with Gasteiger partial charge >= 0.3 is 0 Å². The lowest BCUT2D eigenvalue weighted by Gasteiger charge is -2.07. The van der Waals surface area contributed by atoms with Crippen molar-refractivity contribution in [1.29, 1.82) is 0 Å². The molecule has 0 aliphatic heterocycles. The molecule has 86 valence electrons. The number of hydrogen-bond donors (Lipinski definition) is 0. The third-order valence-electron chi connectivity index (χ3n) is 2.10. The molecule has 1 aromatic carbocycles. The Morgan fingerprint density at radius 2 is 1.94 bits per heavy atom. The Morgan fingerprint density at radius 1 is 1.19 bits per heavy atom. The van der Waals surface area contributed by atoms with Gasteiger partial charge in [-0.25, -0.2) is 0 Å². The molecule has 0 aliphatic rings. The van der Waals surface area contributed by atoms with Gasteiger partial charge in [-0.2, -0.15) is 0 Å². The maximum Gasteiger partial charge on any atom is 0.122 e. The van der Waals surface area contributed by atoms with Crippen molar-refractivity contribution in [1.82, 2.24) is 0 Å². The molecule has 2 nitrogen and oxygen atoms in total. The Kier molecular flexibility index (Phi) is 5.95. The van der Waals surface area contributed by atoms with Crippen LogP contribution in [-0.2, 0) is 0 Å². The van der Waals surface area contributed by atoms with Crippen LogP contribution in [0.2, 0.25) is 0 Å². The van der Waals surface area contributed by atoms with Gasteiger partial charge in [0.1, 0.15) is 11.5 Å². The van der Waals surface area contributed by atoms with Crippen LogP contribution >= 0.6 is 0 Å². The van der Waals surface area contributed by atoms with E-state index < -0.39 is 0 Å². The lowest BCUT2D eigenvalue weighted by Crippen LogP contribution is -1.98. The van der Waals surface area contributed by atoms with E-state index in [0.717, 1.165) is 30.8 Å². The van der Waals surface area contributed by atoms with Gasteiger partial charge in [0.15, 0.2) is 0 Å². The first-order chi connectivity index (χ1) is 7.86. The smallest absolute Gasteiger partial charge is 0.122 e. The van der Waals surface area contributed by atoms with Crippen molar-refractivity contribution in [2.75, 3.05) is 13.2 Å². The minimum atomic E-state index is 0.672. The third kappa shape index (κ3) is 4.75. The van der Waals surface area contributed by atoms with Crippen molar-refractivity contribution in [3.8, 4) is 23.8 Å². The Bertz CT molecular complexity index is 339. The van der Waals surface area contributed by atoms with E-state index in [1.54, 1.807) is 0 Å². The van der Waals surface area contributed by atoms with E-state index >= 15 is 0 Å². The van der Waals surface area contributed by atoms with Gasteiger partial charge in [-0.15, -0.1) is 12.3 Å². The first-order valence-electron chi connectivity index (χ1n) is 5.66. The molecule has 0 saturated carbocycles. The summed E-state index contributed by atoms with van der Waals surface area (Å²) in [7, 11) is 0. The molecule has 0 N–H and O–H groups in total. The summed E-state index contributed by atoms with van der Waals surface area (Å²) in [6.45, 7) is 3.34. The molecule has 0 fully saturated rings. The molecule has 0 unspecified atom stereocenters. The van der Waals surface area contributed by atoms with Gasteiger partial charge in [0.05, 0.1) is 13.2 Å². The van der Waals surface area contributed by atoms with Crippen molar-refractivity contribution in [2.24, 2.45) is 0 Å². The molecule has 1 rings (SSSR count). The van der Waals surface area contributed by atoms with E-state index in [9.17, 15) is 0 Å². The maximum atomic E-state index is 5.59. The highest BCUT2D eigenvalue weighted by molar-refractivity contribution is 5.32. The Hall–Kier alpha value is -1.62. The molecule has 1 aromatic rings. The van der Waals surface area contributed by atoms with E-state index in [1.807, 2.05) is 31.2 Å². The summed E-state index contributed by atoms with van der Waals surface area (Å²) in [6.07, 6.45) is 7.99. The normalized spacial score (nSPS) is 9.50. The number of benzene rings is 1. The number of ether oxygens (including phenoxy) is 2. The molecule has 0 atom stereocenters. The zero-order valence-electron chi connectivity index (χ0n) is 9.74. The van der Waals surface area contributed by atoms with Crippen molar-refractivity contribution in [3.63, 3.8) is 0 Å². The minimum Gasteiger partial charge on any atom is -0.494 e. The fourth-order valence-electron chi connectivity index (χ4n) is 1.34. The van der Waals surface area contributed by atoms with Crippen LogP contribution in [0.5, 0.6) is 11.5 Å². The summed E-state index contributed by atoms with van der Waals surface area (Å²) in [6, 6.07) is 7.70. The number of terminal acetylenes is 1. The monoisotopic (exact) mass is 218 g/mol. The SMILES string of the molecule is C#CCCCCOc1cccc(OCC)c1. The quantitative estimate of drug-likeness (QED) is 0.516. The van der Waals surface area contributed by atoms with Crippen LogP contribution in [0, 0.1) is 12.3 Å². The first kappa shape index (κ1) is 12.4. The van der Waals surface area contributed by atoms with Crippen LogP contribution in [0.1, 0.15) is 26.2 Å². The molecule has 0 saturated heterocycles. The summed E-state index contributed by atoms with van der Waals surface area (Å²) in [5, 5.41) is 0. The highest BCUT2D eigenvalue weighted by Gasteiger charge is 1.96. The molecular weight excluding hydrogens is 200 g/mol. The van der Waals surface area contributed by atoms with Gasteiger partial charge in [0.25, 0.3) is 0 Å². The molecule has 16 heavy (non-hydrogen) atoms. The lowest BCUT2D eigenvalue weighted by molar-refractivity contribution is 0.301. The lowest BCUT2D eigenvalue weighted by atomic mass is 10.2. The van der Waals surface area contributed by atoms with E-state index in [0.29, 0.717) is 13.2 Å². The van der Waals surface area contributed by atoms with E-state index in [1.165, 1.54) is 0 Å². The standard InChI is InChI=1S/C14H18O2/c1-3-5-6-7-11-16-14-10-8-9-13(12-14)15-4-2/h1,8-10,12H,4-7,11H2,2H3. The minimum absolute atomic E-state index is 0.672. The van der Waals surface area contributed by atoms with Gasteiger partial charge in [-0.3, -0.25) is 0 Å². The van der Waals surface area contributed by atoms with Crippen LogP contribution in [0.4, 0.5) is 0 Å². The van der Waals surface area contributed by atoms with E-state index in [2.05, 4.69) is 5.92 Å². The topological polar surface area (TPSA) is 18.5 Å². The van der Waals surface area contributed by atoms with Crippen molar-refractivity contribution < 1.29 is 9.47 Å². The number of unbranched alkanes of at least 4 members (excludes halogenated alkanes) is 2. The van der Waals surface area contributed by atoms with Crippen LogP contribution in [0.25, 0.3) is 0 Å². The second-order valence-corrected chi connectivity index (χ2v) is 3.42. The summed E-state index contributed by atoms with van der Waals surface area (Å²) in [5.74, 6) is 4.32. The van der Waals surface area contributed by atoms with E-state index in [-0.39, 0.29) is 0 Å². The molecule has 0 bridgehead atoms. The Morgan fingerprint density at radius 3 is 2.62 bits per heavy atom. The highest BCUT2D eigenvalue weighted by atomic mass is 16.5. The van der Waals surface area contributed by atoms with Gasteiger partial charge in [-0.05, 0) is 31.9 Å². The molecule has 0 spiro atoms. The van der Waals surface area contributed by atoms with Crippen LogP contribution in [-0.4, -0.2) is 13.2 Å². The Labute approximate surface area is 97.6 Å². The Balaban J connectivity index is 2.30. The maximum absolute atomic E-state index is 5.59. The molecule has 0 amide bonds. The van der Waals surface area contributed by atoms with Gasteiger partial charge in [0, 0.05) is 12.5 Å². The fourth-order valence-corrected chi connectivity index (χ4v) is 1.34. The molecule has 2 heteroatoms. The van der Waals surface area contributed by atoms with Gasteiger partial charge in [0.2, 0.25) is 0 Å². The highest BCUT2D eigenvalue weighted by Crippen LogP contribution is 2.19. The molecule has 0 aliphatic carbocycles. The third-order valence-corrected chi connectivity index (χ3v) is 2.10. The van der Waals surface area contributed by atoms with Gasteiger partial charge < -0.3 is 9.47 Å². The summed E-state index contributed by atoms with van der Waals surface area (Å²) < 4.78 is 11.0. The second kappa shape index (κ2) is 7.64. The number of hydrogen-bond acceptors (Lipinski definition) is 2. The largest absolute Gasteiger partial charge is 0.494 e. The molecule has 0 aromatic heterocycles. The summed E-state index contributed by atoms with van der Waals surface area (Å²) in [4.78, 5) is 0. The summed E-state index contributed by atoms with van der Waals surface area (Å²) >= 11 is 0. The van der Waals surface area contributed by atoms with Crippen LogP contribution < -0.4 is 9.47 Å². The second-order valence-electron chi connectivity index (χ2n) is 3.42. The zero-order chi connectivity index (χ0) is 11.6. The molecule has 0 radical (unpaired) electrons. The summed E-state index contributed by atoms with van der Waals surface area (Å²) in [5.41, 5.74) is 0. The predicted octanol–water partition coefficient (Wildman–Crippen LogP) is 3.27. The van der Waals surface area contributed by atoms with Gasteiger partial charge in [-0.1, -0.05) is 6.07 Å². The number of rotatable bonds is 7. The molecular formula is C14H18O2. The predicted molar refractivity (Wildman–Crippen MR) is 65.8 cm³/mol. The first-order valence-corrected chi connectivity index (χ1v) is 5.66. The molecule has 0 heterocycles. The van der Waals surface area contributed by atoms with Crippen LogP contribution in [0.3, 0.4) is 0 Å². The van der Waals surface area contributed by atoms with Crippen LogP contribution in [0.15, 0.2) is 24.3 Å². The van der Waals surface area contributed by atoms with E-state index in [4.69, 9.17) is 15.9 Å². The van der Waals surface area contributed by atoms with Crippen molar-refractivity contribution in [3.05, 3.63) is 24.3 Å². The van der Waals surface area contributed by atoms with Crippen molar-refractivity contribution >= 4 is 0 Å². The fraction of sp³-hybridized carbons (Fsp3) is 0.429.